The van der Waals surface area contributed by atoms with Crippen LogP contribution < -0.4 is 14.9 Å². The monoisotopic (exact) mass is 464 g/mol. The topological polar surface area (TPSA) is 60.7 Å². The molecule has 0 fully saturated rings. The number of carbonyl (C=O) groups excluding carboxylic acids is 1. The smallest absolute Gasteiger partial charge is 0.338 e. The van der Waals surface area contributed by atoms with Crippen LogP contribution in [0.1, 0.15) is 23.4 Å². The molecular weight excluding hydrogens is 451 g/mol. The normalized spacial score (nSPS) is 16.6. The number of thiophene rings is 1. The second kappa shape index (κ2) is 7.91. The molecule has 0 bridgehead atoms. The van der Waals surface area contributed by atoms with Gasteiger partial charge in [0.25, 0.3) is 5.56 Å². The molecule has 0 radical (unpaired) electrons. The highest BCUT2D eigenvalue weighted by Crippen LogP contribution is 2.33. The van der Waals surface area contributed by atoms with Crippen LogP contribution in [0.25, 0.3) is 6.08 Å². The summed E-state index contributed by atoms with van der Waals surface area (Å²) >= 11 is 14.9. The van der Waals surface area contributed by atoms with Gasteiger partial charge in [0, 0.05) is 14.9 Å². The SMILES string of the molecule is COC(=O)C1=C(C)N=c2s/c(=C\c3ccc(Cl)cc3Cl)c(=O)n2C1c1cccs1. The fourth-order valence-corrected chi connectivity index (χ4v) is 5.49. The molecule has 9 heteroatoms. The summed E-state index contributed by atoms with van der Waals surface area (Å²) in [6, 6.07) is 8.29. The van der Waals surface area contributed by atoms with Crippen LogP contribution in [0, 0.1) is 0 Å². The van der Waals surface area contributed by atoms with Crippen LogP contribution in [-0.2, 0) is 9.53 Å². The fourth-order valence-electron chi connectivity index (χ4n) is 3.17. The standard InChI is InChI=1S/C20H14Cl2N2O3S2/c1-10-16(19(26)27-2)17(14-4-3-7-28-14)24-18(25)15(29-20(24)23-10)8-11-5-6-12(21)9-13(11)22/h3-9,17H,1-2H3/b15-8-. The molecule has 4 rings (SSSR count). The highest BCUT2D eigenvalue weighted by atomic mass is 35.5. The van der Waals surface area contributed by atoms with Gasteiger partial charge in [-0.1, -0.05) is 46.7 Å². The van der Waals surface area contributed by atoms with Gasteiger partial charge in [-0.3, -0.25) is 9.36 Å². The number of allylic oxidation sites excluding steroid dienone is 1. The van der Waals surface area contributed by atoms with Gasteiger partial charge in [-0.15, -0.1) is 11.3 Å². The molecule has 29 heavy (non-hydrogen) atoms. The molecule has 1 aliphatic heterocycles. The number of benzene rings is 1. The lowest BCUT2D eigenvalue weighted by Crippen LogP contribution is -2.39. The number of aromatic nitrogens is 1. The van der Waals surface area contributed by atoms with Gasteiger partial charge in [-0.2, -0.15) is 0 Å². The number of hydrogen-bond acceptors (Lipinski definition) is 6. The summed E-state index contributed by atoms with van der Waals surface area (Å²) in [7, 11) is 1.32. The average Bonchev–Trinajstić information content (AvgIpc) is 3.31. The van der Waals surface area contributed by atoms with Crippen molar-refractivity contribution in [2.75, 3.05) is 7.11 Å². The molecule has 0 N–H and O–H groups in total. The molecule has 148 valence electrons. The number of methoxy groups -OCH3 is 1. The highest BCUT2D eigenvalue weighted by Gasteiger charge is 2.33. The Hall–Kier alpha value is -2.19. The lowest BCUT2D eigenvalue weighted by Gasteiger charge is -2.22. The Balaban J connectivity index is 1.97. The number of nitrogens with zero attached hydrogens (tertiary/aromatic N) is 2. The van der Waals surface area contributed by atoms with Crippen molar-refractivity contribution in [3.8, 4) is 0 Å². The largest absolute Gasteiger partial charge is 0.466 e. The van der Waals surface area contributed by atoms with E-state index in [1.807, 2.05) is 17.5 Å². The van der Waals surface area contributed by atoms with E-state index in [0.717, 1.165) is 4.88 Å². The Labute approximate surface area is 183 Å². The molecule has 0 saturated carbocycles. The number of thiazole rings is 1. The summed E-state index contributed by atoms with van der Waals surface area (Å²) in [5.74, 6) is -0.500. The number of esters is 1. The van der Waals surface area contributed by atoms with Gasteiger partial charge in [0.2, 0.25) is 0 Å². The third kappa shape index (κ3) is 3.59. The van der Waals surface area contributed by atoms with E-state index in [-0.39, 0.29) is 5.56 Å². The number of carbonyl (C=O) groups is 1. The van der Waals surface area contributed by atoms with E-state index in [1.54, 1.807) is 35.8 Å². The number of halogens is 2. The Morgan fingerprint density at radius 1 is 1.31 bits per heavy atom. The van der Waals surface area contributed by atoms with Crippen molar-refractivity contribution < 1.29 is 9.53 Å². The van der Waals surface area contributed by atoms with Gasteiger partial charge in [0.05, 0.1) is 22.9 Å². The Bertz CT molecular complexity index is 1320. The molecule has 3 heterocycles. The van der Waals surface area contributed by atoms with E-state index in [0.29, 0.717) is 36.2 Å². The van der Waals surface area contributed by atoms with Gasteiger partial charge in [-0.25, -0.2) is 9.79 Å². The first-order valence-corrected chi connectivity index (χ1v) is 10.9. The first kappa shape index (κ1) is 20.1. The van der Waals surface area contributed by atoms with Gasteiger partial charge in [0.15, 0.2) is 4.80 Å². The molecule has 1 unspecified atom stereocenters. The lowest BCUT2D eigenvalue weighted by atomic mass is 10.0. The maximum atomic E-state index is 13.3. The minimum Gasteiger partial charge on any atom is -0.466 e. The predicted octanol–water partition coefficient (Wildman–Crippen LogP) is 3.78. The van der Waals surface area contributed by atoms with Crippen molar-refractivity contribution in [2.45, 2.75) is 13.0 Å². The molecule has 5 nitrogen and oxygen atoms in total. The summed E-state index contributed by atoms with van der Waals surface area (Å²) in [4.78, 5) is 31.7. The third-order valence-corrected chi connectivity index (χ3v) is 6.96. The molecule has 3 aromatic rings. The van der Waals surface area contributed by atoms with E-state index < -0.39 is 12.0 Å². The van der Waals surface area contributed by atoms with Crippen molar-refractivity contribution in [1.29, 1.82) is 0 Å². The van der Waals surface area contributed by atoms with E-state index in [1.165, 1.54) is 29.8 Å². The number of rotatable bonds is 3. The van der Waals surface area contributed by atoms with Crippen molar-refractivity contribution in [3.05, 3.63) is 87.2 Å². The molecule has 0 amide bonds. The van der Waals surface area contributed by atoms with Crippen molar-refractivity contribution in [2.24, 2.45) is 4.99 Å². The molecule has 1 aliphatic rings. The summed E-state index contributed by atoms with van der Waals surface area (Å²) in [5, 5.41) is 2.87. The Kier molecular flexibility index (Phi) is 5.48. The van der Waals surface area contributed by atoms with Crippen LogP contribution in [0.3, 0.4) is 0 Å². The number of ether oxygens (including phenoxy) is 1. The van der Waals surface area contributed by atoms with E-state index in [4.69, 9.17) is 27.9 Å². The summed E-state index contributed by atoms with van der Waals surface area (Å²) < 4.78 is 6.98. The summed E-state index contributed by atoms with van der Waals surface area (Å²) in [6.45, 7) is 1.75. The average molecular weight is 465 g/mol. The maximum absolute atomic E-state index is 13.3. The third-order valence-electron chi connectivity index (χ3n) is 4.49. The van der Waals surface area contributed by atoms with E-state index in [9.17, 15) is 9.59 Å². The molecule has 0 aliphatic carbocycles. The van der Waals surface area contributed by atoms with Crippen LogP contribution in [0.2, 0.25) is 10.0 Å². The zero-order valence-corrected chi connectivity index (χ0v) is 18.5. The van der Waals surface area contributed by atoms with Gasteiger partial charge >= 0.3 is 5.97 Å². The summed E-state index contributed by atoms with van der Waals surface area (Å²) in [5.41, 5.74) is 1.33. The second-order valence-corrected chi connectivity index (χ2v) is 9.09. The maximum Gasteiger partial charge on any atom is 0.338 e. The number of fused-ring (bicyclic) bond motifs is 1. The Morgan fingerprint density at radius 3 is 2.76 bits per heavy atom. The summed E-state index contributed by atoms with van der Waals surface area (Å²) in [6.07, 6.45) is 1.71. The first-order chi connectivity index (χ1) is 13.9. The van der Waals surface area contributed by atoms with Crippen LogP contribution >= 0.6 is 45.9 Å². The van der Waals surface area contributed by atoms with Crippen LogP contribution in [-0.4, -0.2) is 17.6 Å². The second-order valence-electron chi connectivity index (χ2n) is 6.25. The molecular formula is C20H14Cl2N2O3S2. The van der Waals surface area contributed by atoms with Crippen molar-refractivity contribution >= 4 is 57.9 Å². The molecule has 2 aromatic heterocycles. The molecule has 1 aromatic carbocycles. The zero-order chi connectivity index (χ0) is 20.7. The van der Waals surface area contributed by atoms with Crippen LogP contribution in [0.5, 0.6) is 0 Å². The van der Waals surface area contributed by atoms with Crippen LogP contribution in [0.4, 0.5) is 0 Å². The minimum absolute atomic E-state index is 0.243. The number of hydrogen-bond donors (Lipinski definition) is 0. The first-order valence-electron chi connectivity index (χ1n) is 8.50. The van der Waals surface area contributed by atoms with E-state index >= 15 is 0 Å². The highest BCUT2D eigenvalue weighted by molar-refractivity contribution is 7.10. The zero-order valence-electron chi connectivity index (χ0n) is 15.3. The van der Waals surface area contributed by atoms with Crippen LogP contribution in [0.15, 0.2) is 56.8 Å². The quantitative estimate of drug-likeness (QED) is 0.554. The molecule has 0 spiro atoms. The lowest BCUT2D eigenvalue weighted by molar-refractivity contribution is -0.136. The van der Waals surface area contributed by atoms with E-state index in [2.05, 4.69) is 4.99 Å². The minimum atomic E-state index is -0.582. The van der Waals surface area contributed by atoms with Crippen molar-refractivity contribution in [1.82, 2.24) is 4.57 Å². The predicted molar refractivity (Wildman–Crippen MR) is 117 cm³/mol. The fraction of sp³-hybridized carbons (Fsp3) is 0.150. The van der Waals surface area contributed by atoms with Crippen molar-refractivity contribution in [3.63, 3.8) is 0 Å². The Morgan fingerprint density at radius 2 is 2.10 bits per heavy atom. The molecule has 1 atom stereocenters. The van der Waals surface area contributed by atoms with Gasteiger partial charge < -0.3 is 4.74 Å². The van der Waals surface area contributed by atoms with Gasteiger partial charge in [0.1, 0.15) is 6.04 Å². The van der Waals surface area contributed by atoms with Gasteiger partial charge in [-0.05, 0) is 42.1 Å². The molecule has 0 saturated heterocycles.